The predicted molar refractivity (Wildman–Crippen MR) is 66.9 cm³/mol. The number of rotatable bonds is 1. The van der Waals surface area contributed by atoms with E-state index in [1.165, 1.54) is 16.9 Å². The van der Waals surface area contributed by atoms with Crippen molar-refractivity contribution in [3.05, 3.63) is 28.0 Å². The molecule has 3 nitrogen and oxygen atoms in total. The fourth-order valence-corrected chi connectivity index (χ4v) is 3.92. The van der Waals surface area contributed by atoms with Gasteiger partial charge >= 0.3 is 0 Å². The van der Waals surface area contributed by atoms with Crippen LogP contribution in [0.4, 0.5) is 0 Å². The lowest BCUT2D eigenvalue weighted by molar-refractivity contribution is 0.253. The van der Waals surface area contributed by atoms with Gasteiger partial charge in [0.05, 0.1) is 17.5 Å². The summed E-state index contributed by atoms with van der Waals surface area (Å²) in [6, 6.07) is 2.03. The van der Waals surface area contributed by atoms with E-state index in [2.05, 4.69) is 0 Å². The van der Waals surface area contributed by atoms with Crippen molar-refractivity contribution in [1.29, 1.82) is 0 Å². The first-order chi connectivity index (χ1) is 8.26. The van der Waals surface area contributed by atoms with Crippen LogP contribution in [0.3, 0.4) is 0 Å². The highest BCUT2D eigenvalue weighted by Gasteiger charge is 2.38. The van der Waals surface area contributed by atoms with Gasteiger partial charge in [0.1, 0.15) is 10.8 Å². The molecule has 0 bridgehead atoms. The van der Waals surface area contributed by atoms with Gasteiger partial charge in [-0.15, -0.1) is 11.3 Å². The number of nitrogens with two attached hydrogens (primary N) is 1. The van der Waals surface area contributed by atoms with Gasteiger partial charge < -0.3 is 10.2 Å². The van der Waals surface area contributed by atoms with Crippen LogP contribution in [-0.4, -0.2) is 4.98 Å². The van der Waals surface area contributed by atoms with Crippen LogP contribution in [-0.2, 0) is 18.4 Å². The Bertz CT molecular complexity index is 580. The first-order valence-electron chi connectivity index (χ1n) is 6.12. The highest BCUT2D eigenvalue weighted by Crippen LogP contribution is 2.45. The van der Waals surface area contributed by atoms with Gasteiger partial charge in [0.25, 0.3) is 0 Å². The Labute approximate surface area is 104 Å². The molecular weight excluding hydrogens is 232 g/mol. The zero-order chi connectivity index (χ0) is 11.5. The number of aromatic nitrogens is 1. The fraction of sp³-hybridized carbons (Fsp3) is 0.462. The molecule has 0 radical (unpaired) electrons. The molecule has 0 saturated heterocycles. The predicted octanol–water partition coefficient (Wildman–Crippen LogP) is 2.84. The van der Waals surface area contributed by atoms with Crippen molar-refractivity contribution >= 4 is 11.3 Å². The van der Waals surface area contributed by atoms with Gasteiger partial charge in [0, 0.05) is 16.9 Å². The first kappa shape index (κ1) is 9.85. The summed E-state index contributed by atoms with van der Waals surface area (Å²) in [4.78, 5) is 6.17. The lowest BCUT2D eigenvalue weighted by atomic mass is 9.78. The topological polar surface area (TPSA) is 52.0 Å². The molecule has 2 heterocycles. The number of fused-ring (bicyclic) bond motifs is 3. The van der Waals surface area contributed by atoms with E-state index in [1.54, 1.807) is 6.26 Å². The Morgan fingerprint density at radius 2 is 2.24 bits per heavy atom. The van der Waals surface area contributed by atoms with Crippen molar-refractivity contribution < 1.29 is 4.42 Å². The summed E-state index contributed by atoms with van der Waals surface area (Å²) in [7, 11) is 0. The molecule has 17 heavy (non-hydrogen) atoms. The van der Waals surface area contributed by atoms with E-state index < -0.39 is 0 Å². The highest BCUT2D eigenvalue weighted by molar-refractivity contribution is 7.12. The van der Waals surface area contributed by atoms with Crippen molar-refractivity contribution in [3.8, 4) is 11.3 Å². The van der Waals surface area contributed by atoms with Crippen LogP contribution < -0.4 is 5.73 Å². The van der Waals surface area contributed by atoms with Gasteiger partial charge in [-0.1, -0.05) is 0 Å². The summed E-state index contributed by atoms with van der Waals surface area (Å²) in [5.74, 6) is 1.08. The van der Waals surface area contributed by atoms with Gasteiger partial charge in [0.15, 0.2) is 0 Å². The zero-order valence-electron chi connectivity index (χ0n) is 9.53. The molecule has 4 rings (SSSR count). The van der Waals surface area contributed by atoms with Crippen LogP contribution in [0.15, 0.2) is 16.7 Å². The Kier molecular flexibility index (Phi) is 1.86. The monoisotopic (exact) mass is 246 g/mol. The smallest absolute Gasteiger partial charge is 0.113 e. The van der Waals surface area contributed by atoms with E-state index >= 15 is 0 Å². The molecule has 1 fully saturated rings. The summed E-state index contributed by atoms with van der Waals surface area (Å²) in [6.07, 6.45) is 7.20. The van der Waals surface area contributed by atoms with E-state index in [-0.39, 0.29) is 5.54 Å². The second-order valence-corrected chi connectivity index (χ2v) is 6.14. The van der Waals surface area contributed by atoms with Crippen molar-refractivity contribution in [2.45, 2.75) is 37.6 Å². The van der Waals surface area contributed by atoms with Crippen LogP contribution in [0.2, 0.25) is 0 Å². The molecule has 2 aliphatic rings. The molecule has 0 amide bonds. The maximum atomic E-state index is 6.36. The molecule has 2 aliphatic carbocycles. The number of furan rings is 1. The second-order valence-electron chi connectivity index (χ2n) is 5.06. The van der Waals surface area contributed by atoms with E-state index in [4.69, 9.17) is 15.1 Å². The summed E-state index contributed by atoms with van der Waals surface area (Å²) < 4.78 is 5.48. The minimum absolute atomic E-state index is 0.133. The third-order valence-corrected chi connectivity index (χ3v) is 5.28. The minimum Gasteiger partial charge on any atom is -0.469 e. The zero-order valence-corrected chi connectivity index (χ0v) is 10.3. The van der Waals surface area contributed by atoms with Gasteiger partial charge in [-0.25, -0.2) is 4.98 Å². The fourth-order valence-electron chi connectivity index (χ4n) is 2.69. The van der Waals surface area contributed by atoms with Gasteiger partial charge in [-0.3, -0.25) is 0 Å². The molecule has 1 saturated carbocycles. The lowest BCUT2D eigenvalue weighted by Crippen LogP contribution is -2.43. The Hall–Kier alpha value is -1.13. The molecule has 0 aromatic carbocycles. The summed E-state index contributed by atoms with van der Waals surface area (Å²) in [5.41, 5.74) is 8.52. The molecule has 4 heteroatoms. The molecule has 88 valence electrons. The molecule has 0 aliphatic heterocycles. The summed E-state index contributed by atoms with van der Waals surface area (Å²) in [5, 5.41) is 1.13. The molecule has 2 aromatic rings. The quantitative estimate of drug-likeness (QED) is 0.841. The third kappa shape index (κ3) is 1.28. The van der Waals surface area contributed by atoms with Crippen molar-refractivity contribution in [1.82, 2.24) is 4.98 Å². The SMILES string of the molecule is NC1(c2nc3c(s2)CCc2occc2-3)CCC1. The van der Waals surface area contributed by atoms with Crippen molar-refractivity contribution in [2.24, 2.45) is 5.73 Å². The molecule has 0 atom stereocenters. The van der Waals surface area contributed by atoms with Gasteiger partial charge in [0.2, 0.25) is 0 Å². The van der Waals surface area contributed by atoms with Crippen LogP contribution in [0.1, 0.15) is 34.9 Å². The minimum atomic E-state index is -0.133. The second kappa shape index (κ2) is 3.21. The maximum absolute atomic E-state index is 6.36. The summed E-state index contributed by atoms with van der Waals surface area (Å²) >= 11 is 1.81. The largest absolute Gasteiger partial charge is 0.469 e. The average molecular weight is 246 g/mol. The normalized spacial score (nSPS) is 20.5. The number of thiazole rings is 1. The number of hydrogen-bond donors (Lipinski definition) is 1. The lowest BCUT2D eigenvalue weighted by Gasteiger charge is -2.35. The average Bonchev–Trinajstić information content (AvgIpc) is 2.90. The standard InChI is InChI=1S/C13H14N2OS/c14-13(5-1-6-13)12-15-11-8-4-7-16-9(8)2-3-10(11)17-12/h4,7H,1-3,5-6,14H2. The molecule has 2 aromatic heterocycles. The van der Waals surface area contributed by atoms with Gasteiger partial charge in [-0.2, -0.15) is 0 Å². The first-order valence-corrected chi connectivity index (χ1v) is 6.94. The Balaban J connectivity index is 1.85. The molecule has 0 spiro atoms. The summed E-state index contributed by atoms with van der Waals surface area (Å²) in [6.45, 7) is 0. The number of nitrogens with zero attached hydrogens (tertiary/aromatic N) is 1. The number of hydrogen-bond acceptors (Lipinski definition) is 4. The molecule has 0 unspecified atom stereocenters. The van der Waals surface area contributed by atoms with Crippen LogP contribution in [0.25, 0.3) is 11.3 Å². The maximum Gasteiger partial charge on any atom is 0.113 e. The van der Waals surface area contributed by atoms with Crippen LogP contribution >= 0.6 is 11.3 Å². The molecular formula is C13H14N2OS. The van der Waals surface area contributed by atoms with Crippen molar-refractivity contribution in [3.63, 3.8) is 0 Å². The van der Waals surface area contributed by atoms with E-state index in [9.17, 15) is 0 Å². The van der Waals surface area contributed by atoms with E-state index in [1.807, 2.05) is 17.4 Å². The number of aryl methyl sites for hydroxylation is 2. The third-order valence-electron chi connectivity index (χ3n) is 3.95. The highest BCUT2D eigenvalue weighted by atomic mass is 32.1. The molecule has 2 N–H and O–H groups in total. The van der Waals surface area contributed by atoms with Crippen LogP contribution in [0.5, 0.6) is 0 Å². The van der Waals surface area contributed by atoms with Crippen LogP contribution in [0, 0.1) is 0 Å². The van der Waals surface area contributed by atoms with E-state index in [0.29, 0.717) is 0 Å². The van der Waals surface area contributed by atoms with E-state index in [0.717, 1.165) is 42.1 Å². The Morgan fingerprint density at radius 3 is 3.00 bits per heavy atom. The van der Waals surface area contributed by atoms with Crippen molar-refractivity contribution in [2.75, 3.05) is 0 Å². The van der Waals surface area contributed by atoms with Gasteiger partial charge in [-0.05, 0) is 31.7 Å². The Morgan fingerprint density at radius 1 is 1.35 bits per heavy atom.